The van der Waals surface area contributed by atoms with Crippen LogP contribution in [0.15, 0.2) is 0 Å². The third-order valence-electron chi connectivity index (χ3n) is 4.31. The first-order valence-electron chi connectivity index (χ1n) is 6.80. The summed E-state index contributed by atoms with van der Waals surface area (Å²) < 4.78 is 0. The van der Waals surface area contributed by atoms with Gasteiger partial charge in [0.05, 0.1) is 0 Å². The molecule has 5 heteroatoms. The molecule has 1 heterocycles. The molecule has 0 spiro atoms. The summed E-state index contributed by atoms with van der Waals surface area (Å²) in [5.74, 6) is -1.05. The summed E-state index contributed by atoms with van der Waals surface area (Å²) in [5.41, 5.74) is 0. The second kappa shape index (κ2) is 5.69. The van der Waals surface area contributed by atoms with Crippen molar-refractivity contribution in [1.82, 2.24) is 4.90 Å². The van der Waals surface area contributed by atoms with Gasteiger partial charge in [0.2, 0.25) is 0 Å². The summed E-state index contributed by atoms with van der Waals surface area (Å²) in [6, 6.07) is -0.0273. The smallest absolute Gasteiger partial charge is 0.320 e. The van der Waals surface area contributed by atoms with Crippen LogP contribution in [0.5, 0.6) is 0 Å². The molecule has 0 aromatic carbocycles. The van der Waals surface area contributed by atoms with Crippen LogP contribution in [-0.4, -0.2) is 45.7 Å². The Morgan fingerprint density at radius 1 is 1.17 bits per heavy atom. The maximum atomic E-state index is 11.3. The highest BCUT2D eigenvalue weighted by Crippen LogP contribution is 2.39. The highest BCUT2D eigenvalue weighted by Gasteiger charge is 2.44. The van der Waals surface area contributed by atoms with Gasteiger partial charge in [0.15, 0.2) is 0 Å². The van der Waals surface area contributed by atoms with E-state index >= 15 is 0 Å². The van der Waals surface area contributed by atoms with E-state index in [9.17, 15) is 14.7 Å². The average Bonchev–Trinajstić information content (AvgIpc) is 2.68. The first kappa shape index (κ1) is 13.3. The van der Waals surface area contributed by atoms with Crippen molar-refractivity contribution in [1.29, 1.82) is 0 Å². The fourth-order valence-corrected chi connectivity index (χ4v) is 3.53. The van der Waals surface area contributed by atoms with Crippen LogP contribution < -0.4 is 0 Å². The number of fused-ring (bicyclic) bond motifs is 1. The largest absolute Gasteiger partial charge is 0.481 e. The van der Waals surface area contributed by atoms with Crippen LogP contribution in [0.2, 0.25) is 0 Å². The lowest BCUT2D eigenvalue weighted by Gasteiger charge is -2.32. The molecule has 0 bridgehead atoms. The molecule has 1 saturated heterocycles. The molecule has 0 amide bonds. The van der Waals surface area contributed by atoms with E-state index in [4.69, 9.17) is 5.11 Å². The van der Waals surface area contributed by atoms with Crippen molar-refractivity contribution in [3.63, 3.8) is 0 Å². The molecule has 2 N–H and O–H groups in total. The molecule has 2 fully saturated rings. The second-order valence-electron chi connectivity index (χ2n) is 5.44. The van der Waals surface area contributed by atoms with Gasteiger partial charge in [-0.15, -0.1) is 0 Å². The van der Waals surface area contributed by atoms with Gasteiger partial charge < -0.3 is 10.2 Å². The van der Waals surface area contributed by atoms with E-state index in [0.717, 1.165) is 19.3 Å². The molecule has 102 valence electrons. The number of carboxylic acids is 2. The molecular formula is C13H21NO4. The number of aliphatic carboxylic acids is 2. The molecule has 0 aromatic rings. The van der Waals surface area contributed by atoms with Crippen LogP contribution in [0, 0.1) is 5.92 Å². The molecule has 1 saturated carbocycles. The van der Waals surface area contributed by atoms with E-state index in [-0.39, 0.29) is 6.42 Å². The fraction of sp³-hybridized carbons (Fsp3) is 0.846. The zero-order chi connectivity index (χ0) is 13.1. The number of carboxylic acid groups (broad SMARTS) is 2. The zero-order valence-electron chi connectivity index (χ0n) is 10.5. The van der Waals surface area contributed by atoms with Gasteiger partial charge in [-0.2, -0.15) is 0 Å². The Hall–Kier alpha value is -1.10. The Morgan fingerprint density at radius 3 is 2.56 bits per heavy atom. The summed E-state index contributed by atoms with van der Waals surface area (Å²) in [4.78, 5) is 23.9. The lowest BCUT2D eigenvalue weighted by molar-refractivity contribution is -0.142. The third kappa shape index (κ3) is 2.83. The highest BCUT2D eigenvalue weighted by molar-refractivity contribution is 5.74. The molecule has 5 nitrogen and oxygen atoms in total. The van der Waals surface area contributed by atoms with Gasteiger partial charge in [0, 0.05) is 12.5 Å². The summed E-state index contributed by atoms with van der Waals surface area (Å²) >= 11 is 0. The quantitative estimate of drug-likeness (QED) is 0.779. The van der Waals surface area contributed by atoms with Gasteiger partial charge in [-0.3, -0.25) is 14.5 Å². The van der Waals surface area contributed by atoms with Crippen LogP contribution in [0.25, 0.3) is 0 Å². The molecule has 0 radical (unpaired) electrons. The minimum absolute atomic E-state index is 0.125. The summed E-state index contributed by atoms with van der Waals surface area (Å²) in [6.45, 7) is 0.602. The molecule has 1 aliphatic carbocycles. The van der Waals surface area contributed by atoms with Crippen molar-refractivity contribution < 1.29 is 19.8 Å². The summed E-state index contributed by atoms with van der Waals surface area (Å²) in [6.07, 6.45) is 5.99. The van der Waals surface area contributed by atoms with E-state index in [1.807, 2.05) is 0 Å². The van der Waals surface area contributed by atoms with Crippen LogP contribution in [-0.2, 0) is 9.59 Å². The Morgan fingerprint density at radius 2 is 1.89 bits per heavy atom. The minimum Gasteiger partial charge on any atom is -0.481 e. The predicted molar refractivity (Wildman–Crippen MR) is 65.4 cm³/mol. The maximum Gasteiger partial charge on any atom is 0.320 e. The average molecular weight is 255 g/mol. The van der Waals surface area contributed by atoms with Crippen molar-refractivity contribution in [3.8, 4) is 0 Å². The molecule has 2 aliphatic rings. The SMILES string of the molecule is O=C(O)CCCN1C(C(=O)O)CC2CCCCC21. The Labute approximate surface area is 107 Å². The molecule has 0 aromatic heterocycles. The van der Waals surface area contributed by atoms with Gasteiger partial charge in [-0.1, -0.05) is 12.8 Å². The van der Waals surface area contributed by atoms with Crippen LogP contribution in [0.1, 0.15) is 44.9 Å². The highest BCUT2D eigenvalue weighted by atomic mass is 16.4. The van der Waals surface area contributed by atoms with Crippen molar-refractivity contribution >= 4 is 11.9 Å². The van der Waals surface area contributed by atoms with E-state index in [1.54, 1.807) is 0 Å². The first-order valence-corrected chi connectivity index (χ1v) is 6.80. The van der Waals surface area contributed by atoms with Gasteiger partial charge in [-0.05, 0) is 38.1 Å². The summed E-state index contributed by atoms with van der Waals surface area (Å²) in [7, 11) is 0. The van der Waals surface area contributed by atoms with Crippen molar-refractivity contribution in [2.45, 2.75) is 57.0 Å². The standard InChI is InChI=1S/C13H21NO4/c15-12(16)6-3-7-14-10-5-2-1-4-9(10)8-11(14)13(17)18/h9-11H,1-8H2,(H,15,16)(H,17,18). The molecule has 1 aliphatic heterocycles. The number of carbonyl (C=O) groups is 2. The number of rotatable bonds is 5. The van der Waals surface area contributed by atoms with Gasteiger partial charge in [0.1, 0.15) is 6.04 Å². The lowest BCUT2D eigenvalue weighted by Crippen LogP contribution is -2.42. The molecule has 2 rings (SSSR count). The molecule has 18 heavy (non-hydrogen) atoms. The third-order valence-corrected chi connectivity index (χ3v) is 4.31. The van der Waals surface area contributed by atoms with Crippen LogP contribution in [0.4, 0.5) is 0 Å². The lowest BCUT2D eigenvalue weighted by atomic mass is 9.85. The normalized spacial score (nSPS) is 32.1. The van der Waals surface area contributed by atoms with E-state index in [2.05, 4.69) is 4.90 Å². The Bertz CT molecular complexity index is 331. The van der Waals surface area contributed by atoms with Crippen molar-refractivity contribution in [3.05, 3.63) is 0 Å². The van der Waals surface area contributed by atoms with Crippen molar-refractivity contribution in [2.75, 3.05) is 6.54 Å². The summed E-state index contributed by atoms with van der Waals surface area (Å²) in [5, 5.41) is 17.9. The number of likely N-dealkylation sites (tertiary alicyclic amines) is 1. The molecule has 3 atom stereocenters. The van der Waals surface area contributed by atoms with E-state index in [0.29, 0.717) is 24.9 Å². The number of hydrogen-bond donors (Lipinski definition) is 2. The van der Waals surface area contributed by atoms with Crippen LogP contribution in [0.3, 0.4) is 0 Å². The fourth-order valence-electron chi connectivity index (χ4n) is 3.53. The van der Waals surface area contributed by atoms with Crippen LogP contribution >= 0.6 is 0 Å². The van der Waals surface area contributed by atoms with Gasteiger partial charge in [0.25, 0.3) is 0 Å². The number of nitrogens with zero attached hydrogens (tertiary/aromatic N) is 1. The Balaban J connectivity index is 1.97. The van der Waals surface area contributed by atoms with Gasteiger partial charge >= 0.3 is 11.9 Å². The monoisotopic (exact) mass is 255 g/mol. The zero-order valence-corrected chi connectivity index (χ0v) is 10.5. The van der Waals surface area contributed by atoms with E-state index in [1.165, 1.54) is 12.8 Å². The topological polar surface area (TPSA) is 77.8 Å². The second-order valence-corrected chi connectivity index (χ2v) is 5.44. The van der Waals surface area contributed by atoms with Crippen molar-refractivity contribution in [2.24, 2.45) is 5.92 Å². The minimum atomic E-state index is -0.804. The Kier molecular flexibility index (Phi) is 4.22. The first-order chi connectivity index (χ1) is 8.59. The van der Waals surface area contributed by atoms with Gasteiger partial charge in [-0.25, -0.2) is 0 Å². The van der Waals surface area contributed by atoms with E-state index < -0.39 is 18.0 Å². The number of hydrogen-bond acceptors (Lipinski definition) is 3. The molecular weight excluding hydrogens is 234 g/mol. The molecule has 3 unspecified atom stereocenters. The maximum absolute atomic E-state index is 11.3. The predicted octanol–water partition coefficient (Wildman–Crippen LogP) is 1.57.